The summed E-state index contributed by atoms with van der Waals surface area (Å²) in [5.41, 5.74) is 2.94. The Morgan fingerprint density at radius 1 is 0.971 bits per heavy atom. The van der Waals surface area contributed by atoms with Crippen LogP contribution in [0.25, 0.3) is 11.3 Å². The van der Waals surface area contributed by atoms with Crippen molar-refractivity contribution in [3.05, 3.63) is 88.8 Å². The van der Waals surface area contributed by atoms with E-state index in [-0.39, 0.29) is 17.6 Å². The number of carbonyl (C=O) groups is 2. The summed E-state index contributed by atoms with van der Waals surface area (Å²) in [6.45, 7) is 0. The number of aromatic nitrogens is 1. The average molecular weight is 510 g/mol. The first-order valence-electron chi connectivity index (χ1n) is 10.2. The van der Waals surface area contributed by atoms with Gasteiger partial charge in [-0.3, -0.25) is 9.59 Å². The van der Waals surface area contributed by atoms with Gasteiger partial charge in [0.15, 0.2) is 5.13 Å². The summed E-state index contributed by atoms with van der Waals surface area (Å²) in [7, 11) is 1.58. The standard InChI is InChI=1S/C25H20ClN3O3S2/c1-32-20-10-4-17(5-11-20)24(31)27-19-8-12-21(13-9-19)33-15-23(30)29-25-28-22(14-34-25)16-2-6-18(26)7-3-16/h2-14H,15H2,1H3,(H,27,31)(H,28,29,30). The summed E-state index contributed by atoms with van der Waals surface area (Å²) in [5, 5.41) is 8.80. The molecule has 0 saturated heterocycles. The largest absolute Gasteiger partial charge is 0.497 e. The Morgan fingerprint density at radius 2 is 1.68 bits per heavy atom. The van der Waals surface area contributed by atoms with E-state index in [0.29, 0.717) is 27.2 Å². The fourth-order valence-corrected chi connectivity index (χ4v) is 4.53. The molecule has 3 aromatic carbocycles. The number of thiazole rings is 1. The second kappa shape index (κ2) is 11.2. The van der Waals surface area contributed by atoms with Gasteiger partial charge >= 0.3 is 0 Å². The third-order valence-electron chi connectivity index (χ3n) is 4.72. The zero-order valence-corrected chi connectivity index (χ0v) is 20.5. The molecule has 2 N–H and O–H groups in total. The van der Waals surface area contributed by atoms with E-state index < -0.39 is 0 Å². The number of hydrogen-bond donors (Lipinski definition) is 2. The van der Waals surface area contributed by atoms with Gasteiger partial charge in [-0.1, -0.05) is 23.7 Å². The van der Waals surface area contributed by atoms with Gasteiger partial charge in [0.1, 0.15) is 5.75 Å². The number of nitrogens with one attached hydrogen (secondary N) is 2. The molecule has 0 saturated carbocycles. The molecule has 0 bridgehead atoms. The van der Waals surface area contributed by atoms with Gasteiger partial charge in [0.2, 0.25) is 5.91 Å². The molecule has 2 amide bonds. The minimum atomic E-state index is -0.205. The van der Waals surface area contributed by atoms with E-state index in [2.05, 4.69) is 15.6 Å². The number of ether oxygens (including phenoxy) is 1. The first-order chi connectivity index (χ1) is 16.5. The Bertz CT molecular complexity index is 1270. The van der Waals surface area contributed by atoms with Crippen LogP contribution in [0.15, 0.2) is 83.1 Å². The van der Waals surface area contributed by atoms with Gasteiger partial charge in [-0.2, -0.15) is 0 Å². The number of anilines is 2. The van der Waals surface area contributed by atoms with Crippen molar-refractivity contribution in [2.45, 2.75) is 4.90 Å². The minimum Gasteiger partial charge on any atom is -0.497 e. The molecule has 6 nitrogen and oxygen atoms in total. The van der Waals surface area contributed by atoms with Crippen LogP contribution < -0.4 is 15.4 Å². The van der Waals surface area contributed by atoms with Crippen molar-refractivity contribution in [1.82, 2.24) is 4.98 Å². The highest BCUT2D eigenvalue weighted by atomic mass is 35.5. The molecule has 9 heteroatoms. The van der Waals surface area contributed by atoms with E-state index >= 15 is 0 Å². The molecule has 4 aromatic rings. The van der Waals surface area contributed by atoms with Gasteiger partial charge in [0.25, 0.3) is 5.91 Å². The van der Waals surface area contributed by atoms with Gasteiger partial charge in [-0.05, 0) is 60.7 Å². The second-order valence-corrected chi connectivity index (χ2v) is 9.43. The van der Waals surface area contributed by atoms with E-state index in [1.165, 1.54) is 23.1 Å². The monoisotopic (exact) mass is 509 g/mol. The Morgan fingerprint density at radius 3 is 2.35 bits per heavy atom. The molecule has 0 radical (unpaired) electrons. The normalized spacial score (nSPS) is 10.5. The highest BCUT2D eigenvalue weighted by molar-refractivity contribution is 8.00. The number of hydrogen-bond acceptors (Lipinski definition) is 6. The number of methoxy groups -OCH3 is 1. The van der Waals surface area contributed by atoms with Gasteiger partial charge in [-0.15, -0.1) is 23.1 Å². The molecule has 4 rings (SSSR count). The highest BCUT2D eigenvalue weighted by Crippen LogP contribution is 2.27. The quantitative estimate of drug-likeness (QED) is 0.266. The molecule has 0 aliphatic rings. The lowest BCUT2D eigenvalue weighted by Crippen LogP contribution is -2.13. The van der Waals surface area contributed by atoms with E-state index in [1.54, 1.807) is 55.6 Å². The number of carbonyl (C=O) groups excluding carboxylic acids is 2. The first-order valence-corrected chi connectivity index (χ1v) is 12.4. The topological polar surface area (TPSA) is 80.3 Å². The molecule has 0 fully saturated rings. The summed E-state index contributed by atoms with van der Waals surface area (Å²) >= 11 is 8.70. The third kappa shape index (κ3) is 6.38. The van der Waals surface area contributed by atoms with Crippen molar-refractivity contribution in [3.63, 3.8) is 0 Å². The van der Waals surface area contributed by atoms with Crippen LogP contribution in [0.4, 0.5) is 10.8 Å². The SMILES string of the molecule is COc1ccc(C(=O)Nc2ccc(SCC(=O)Nc3nc(-c4ccc(Cl)cc4)cs3)cc2)cc1. The van der Waals surface area contributed by atoms with E-state index in [0.717, 1.165) is 16.2 Å². The van der Waals surface area contributed by atoms with Crippen LogP contribution in [0, 0.1) is 0 Å². The Labute approximate surface area is 210 Å². The van der Waals surface area contributed by atoms with Gasteiger partial charge in [0, 0.05) is 32.1 Å². The maximum Gasteiger partial charge on any atom is 0.255 e. The minimum absolute atomic E-state index is 0.140. The zero-order chi connectivity index (χ0) is 23.9. The van der Waals surface area contributed by atoms with Crippen LogP contribution >= 0.6 is 34.7 Å². The number of amides is 2. The molecular formula is C25H20ClN3O3S2. The third-order valence-corrected chi connectivity index (χ3v) is 6.75. The molecule has 0 aliphatic carbocycles. The first kappa shape index (κ1) is 23.8. The predicted octanol–water partition coefficient (Wildman–Crippen LogP) is 6.46. The van der Waals surface area contributed by atoms with Crippen LogP contribution in [0.3, 0.4) is 0 Å². The molecule has 172 valence electrons. The lowest BCUT2D eigenvalue weighted by atomic mass is 10.2. The lowest BCUT2D eigenvalue weighted by molar-refractivity contribution is -0.113. The fraction of sp³-hybridized carbons (Fsp3) is 0.0800. The summed E-state index contributed by atoms with van der Waals surface area (Å²) in [6, 6.07) is 21.6. The van der Waals surface area contributed by atoms with Crippen molar-refractivity contribution in [1.29, 1.82) is 0 Å². The average Bonchev–Trinajstić information content (AvgIpc) is 3.32. The van der Waals surface area contributed by atoms with Crippen molar-refractivity contribution in [2.24, 2.45) is 0 Å². The van der Waals surface area contributed by atoms with Crippen molar-refractivity contribution < 1.29 is 14.3 Å². The van der Waals surface area contributed by atoms with Gasteiger partial charge < -0.3 is 15.4 Å². The van der Waals surface area contributed by atoms with Crippen molar-refractivity contribution in [3.8, 4) is 17.0 Å². The van der Waals surface area contributed by atoms with Crippen molar-refractivity contribution >= 4 is 57.3 Å². The number of rotatable bonds is 8. The summed E-state index contributed by atoms with van der Waals surface area (Å²) in [5.74, 6) is 0.592. The summed E-state index contributed by atoms with van der Waals surface area (Å²) < 4.78 is 5.11. The highest BCUT2D eigenvalue weighted by Gasteiger charge is 2.10. The van der Waals surface area contributed by atoms with E-state index in [9.17, 15) is 9.59 Å². The summed E-state index contributed by atoms with van der Waals surface area (Å²) in [4.78, 5) is 30.1. The molecule has 34 heavy (non-hydrogen) atoms. The number of thioether (sulfide) groups is 1. The van der Waals surface area contributed by atoms with Crippen LogP contribution in [0.2, 0.25) is 5.02 Å². The zero-order valence-electron chi connectivity index (χ0n) is 18.1. The number of halogens is 1. The van der Waals surface area contributed by atoms with Gasteiger partial charge in [0.05, 0.1) is 18.6 Å². The number of nitrogens with zero attached hydrogens (tertiary/aromatic N) is 1. The molecule has 0 unspecified atom stereocenters. The fourth-order valence-electron chi connectivity index (χ4n) is 2.97. The van der Waals surface area contributed by atoms with E-state index in [1.807, 2.05) is 29.6 Å². The van der Waals surface area contributed by atoms with Gasteiger partial charge in [-0.25, -0.2) is 4.98 Å². The van der Waals surface area contributed by atoms with E-state index in [4.69, 9.17) is 16.3 Å². The molecule has 0 spiro atoms. The molecule has 0 aliphatic heterocycles. The lowest BCUT2D eigenvalue weighted by Gasteiger charge is -2.07. The Balaban J connectivity index is 1.26. The second-order valence-electron chi connectivity index (χ2n) is 7.09. The molecular weight excluding hydrogens is 490 g/mol. The summed E-state index contributed by atoms with van der Waals surface area (Å²) in [6.07, 6.45) is 0. The van der Waals surface area contributed by atoms with Crippen LogP contribution in [0.5, 0.6) is 5.75 Å². The molecule has 0 atom stereocenters. The van der Waals surface area contributed by atoms with Crippen LogP contribution in [0.1, 0.15) is 10.4 Å². The Hall–Kier alpha value is -3.33. The predicted molar refractivity (Wildman–Crippen MR) is 139 cm³/mol. The maximum absolute atomic E-state index is 12.4. The van der Waals surface area contributed by atoms with Crippen molar-refractivity contribution in [2.75, 3.05) is 23.5 Å². The Kier molecular flexibility index (Phi) is 7.84. The van der Waals surface area contributed by atoms with Crippen LogP contribution in [-0.2, 0) is 4.79 Å². The number of benzene rings is 3. The maximum atomic E-state index is 12.4. The van der Waals surface area contributed by atoms with Crippen LogP contribution in [-0.4, -0.2) is 29.7 Å². The molecule has 1 heterocycles. The molecule has 1 aromatic heterocycles. The smallest absolute Gasteiger partial charge is 0.255 e.